The maximum Gasteiger partial charge on any atom is 0.264 e. The lowest BCUT2D eigenvalue weighted by molar-refractivity contribution is 0.00342. The van der Waals surface area contributed by atoms with Crippen LogP contribution in [0.3, 0.4) is 0 Å². The largest absolute Gasteiger partial charge is 0.497 e. The van der Waals surface area contributed by atoms with E-state index in [1.165, 1.54) is 11.3 Å². The predicted octanol–water partition coefficient (Wildman–Crippen LogP) is 5.43. The lowest BCUT2D eigenvalue weighted by Gasteiger charge is -2.36. The molecule has 0 N–H and O–H groups in total. The third-order valence-electron chi connectivity index (χ3n) is 5.97. The van der Waals surface area contributed by atoms with Crippen LogP contribution in [0.15, 0.2) is 60.0 Å². The van der Waals surface area contributed by atoms with Gasteiger partial charge in [-0.15, -0.1) is 11.3 Å². The third-order valence-corrected chi connectivity index (χ3v) is 7.22. The molecule has 1 atom stereocenters. The summed E-state index contributed by atoms with van der Waals surface area (Å²) >= 11 is 7.64. The molecule has 0 radical (unpaired) electrons. The van der Waals surface area contributed by atoms with Gasteiger partial charge >= 0.3 is 0 Å². The Labute approximate surface area is 204 Å². The monoisotopic (exact) mass is 484 g/mol. The second-order valence-electron chi connectivity index (χ2n) is 8.23. The van der Waals surface area contributed by atoms with Crippen molar-refractivity contribution < 1.29 is 14.3 Å². The predicted molar refractivity (Wildman–Crippen MR) is 133 cm³/mol. The zero-order chi connectivity index (χ0) is 23.2. The van der Waals surface area contributed by atoms with Gasteiger partial charge in [0.25, 0.3) is 5.91 Å². The lowest BCUT2D eigenvalue weighted by atomic mass is 10.1. The number of hydrogen-bond acceptors (Lipinski definition) is 5. The summed E-state index contributed by atoms with van der Waals surface area (Å²) in [4.78, 5) is 18.0. The fourth-order valence-electron chi connectivity index (χ4n) is 3.99. The van der Waals surface area contributed by atoms with Crippen molar-refractivity contribution in [3.05, 3.63) is 86.6 Å². The van der Waals surface area contributed by atoms with Gasteiger partial charge in [0.2, 0.25) is 0 Å². The molecule has 0 unspecified atom stereocenters. The molecule has 5 nitrogen and oxygen atoms in total. The number of nitrogens with zero attached hydrogens (tertiary/aromatic N) is 2. The highest BCUT2D eigenvalue weighted by atomic mass is 35.5. The molecule has 3 aromatic rings. The SMILES string of the molecule is COc1cccc(CO[C@@H](CN2CCN(C(=O)c3sccc3C)CC2)c2ccc(Cl)cc2)c1. The Morgan fingerprint density at radius 1 is 1.09 bits per heavy atom. The number of hydrogen-bond donors (Lipinski definition) is 0. The number of piperazine rings is 1. The molecule has 1 saturated heterocycles. The van der Waals surface area contributed by atoms with Crippen molar-refractivity contribution in [2.75, 3.05) is 39.8 Å². The van der Waals surface area contributed by atoms with Crippen LogP contribution < -0.4 is 4.74 Å². The second kappa shape index (κ2) is 11.2. The van der Waals surface area contributed by atoms with Gasteiger partial charge in [0.15, 0.2) is 0 Å². The molecule has 1 aliphatic heterocycles. The summed E-state index contributed by atoms with van der Waals surface area (Å²) in [5.74, 6) is 0.964. The Hall–Kier alpha value is -2.38. The molecular formula is C26H29ClN2O3S. The van der Waals surface area contributed by atoms with Gasteiger partial charge in [-0.25, -0.2) is 0 Å². The van der Waals surface area contributed by atoms with Crippen molar-refractivity contribution in [1.29, 1.82) is 0 Å². The lowest BCUT2D eigenvalue weighted by Crippen LogP contribution is -2.49. The van der Waals surface area contributed by atoms with Crippen LogP contribution in [0.5, 0.6) is 5.75 Å². The first-order chi connectivity index (χ1) is 16.0. The van der Waals surface area contributed by atoms with Crippen LogP contribution >= 0.6 is 22.9 Å². The first kappa shape index (κ1) is 23.8. The van der Waals surface area contributed by atoms with Gasteiger partial charge in [0.1, 0.15) is 5.75 Å². The number of benzene rings is 2. The number of amides is 1. The topological polar surface area (TPSA) is 42.0 Å². The standard InChI is InChI=1S/C26H29ClN2O3S/c1-19-10-15-33-25(19)26(30)29-13-11-28(12-14-29)17-24(21-6-8-22(27)9-7-21)32-18-20-4-3-5-23(16-20)31-2/h3-10,15-16,24H,11-14,17-18H2,1-2H3/t24-/m0/s1. The number of carbonyl (C=O) groups is 1. The van der Waals surface area contributed by atoms with Gasteiger partial charge in [0.05, 0.1) is 24.7 Å². The number of halogens is 1. The molecule has 1 aliphatic rings. The Bertz CT molecular complexity index is 1060. The minimum Gasteiger partial charge on any atom is -0.497 e. The van der Waals surface area contributed by atoms with Crippen molar-refractivity contribution in [2.24, 2.45) is 0 Å². The van der Waals surface area contributed by atoms with Crippen LogP contribution in [0, 0.1) is 6.92 Å². The van der Waals surface area contributed by atoms with Crippen molar-refractivity contribution >= 4 is 28.8 Å². The first-order valence-electron chi connectivity index (χ1n) is 11.1. The molecule has 174 valence electrons. The molecular weight excluding hydrogens is 456 g/mol. The first-order valence-corrected chi connectivity index (χ1v) is 12.3. The minimum absolute atomic E-state index is 0.102. The van der Waals surface area contributed by atoms with Gasteiger partial charge in [-0.3, -0.25) is 9.69 Å². The van der Waals surface area contributed by atoms with E-state index >= 15 is 0 Å². The van der Waals surface area contributed by atoms with Crippen molar-refractivity contribution in [1.82, 2.24) is 9.80 Å². The number of rotatable bonds is 8. The smallest absolute Gasteiger partial charge is 0.264 e. The fraction of sp³-hybridized carbons (Fsp3) is 0.346. The zero-order valence-electron chi connectivity index (χ0n) is 19.0. The number of carbonyl (C=O) groups excluding carboxylic acids is 1. The summed E-state index contributed by atoms with van der Waals surface area (Å²) in [7, 11) is 1.67. The van der Waals surface area contributed by atoms with Gasteiger partial charge in [0, 0.05) is 37.7 Å². The number of ether oxygens (including phenoxy) is 2. The van der Waals surface area contributed by atoms with Crippen LogP contribution in [0.1, 0.15) is 32.5 Å². The van der Waals surface area contributed by atoms with Crippen LogP contribution in [0.4, 0.5) is 0 Å². The summed E-state index contributed by atoms with van der Waals surface area (Å²) in [6.45, 7) is 6.33. The van der Waals surface area contributed by atoms with E-state index in [9.17, 15) is 4.79 Å². The highest BCUT2D eigenvalue weighted by molar-refractivity contribution is 7.12. The maximum atomic E-state index is 12.8. The molecule has 1 amide bonds. The highest BCUT2D eigenvalue weighted by Crippen LogP contribution is 2.25. The second-order valence-corrected chi connectivity index (χ2v) is 9.58. The van der Waals surface area contributed by atoms with Gasteiger partial charge in [-0.05, 0) is 59.3 Å². The summed E-state index contributed by atoms with van der Waals surface area (Å²) in [5, 5.41) is 2.69. The molecule has 33 heavy (non-hydrogen) atoms. The third kappa shape index (κ3) is 6.15. The van der Waals surface area contributed by atoms with E-state index in [1.54, 1.807) is 7.11 Å². The fourth-order valence-corrected chi connectivity index (χ4v) is 5.01. The molecule has 2 aromatic carbocycles. The summed E-state index contributed by atoms with van der Waals surface area (Å²) in [5.41, 5.74) is 3.21. The summed E-state index contributed by atoms with van der Waals surface area (Å²) in [6.07, 6.45) is -0.102. The number of methoxy groups -OCH3 is 1. The molecule has 0 saturated carbocycles. The zero-order valence-corrected chi connectivity index (χ0v) is 20.6. The Kier molecular flexibility index (Phi) is 8.04. The highest BCUT2D eigenvalue weighted by Gasteiger charge is 2.26. The molecule has 1 aromatic heterocycles. The van der Waals surface area contributed by atoms with Crippen LogP contribution in [-0.4, -0.2) is 55.5 Å². The number of thiophene rings is 1. The average molecular weight is 485 g/mol. The van der Waals surface area contributed by atoms with Crippen molar-refractivity contribution in [3.8, 4) is 5.75 Å². The van der Waals surface area contributed by atoms with E-state index in [1.807, 2.05) is 71.8 Å². The van der Waals surface area contributed by atoms with Gasteiger partial charge in [-0.1, -0.05) is 35.9 Å². The van der Waals surface area contributed by atoms with E-state index in [2.05, 4.69) is 4.90 Å². The molecule has 1 fully saturated rings. The Morgan fingerprint density at radius 3 is 2.52 bits per heavy atom. The molecule has 4 rings (SSSR count). The van der Waals surface area contributed by atoms with Crippen molar-refractivity contribution in [2.45, 2.75) is 19.6 Å². The maximum absolute atomic E-state index is 12.8. The molecule has 7 heteroatoms. The minimum atomic E-state index is -0.102. The normalized spacial score (nSPS) is 15.4. The average Bonchev–Trinajstić information content (AvgIpc) is 3.28. The molecule has 0 bridgehead atoms. The van der Waals surface area contributed by atoms with E-state index in [-0.39, 0.29) is 12.0 Å². The van der Waals surface area contributed by atoms with E-state index in [0.717, 1.165) is 60.0 Å². The molecule has 0 aliphatic carbocycles. The van der Waals surface area contributed by atoms with Gasteiger partial charge < -0.3 is 14.4 Å². The Morgan fingerprint density at radius 2 is 1.85 bits per heavy atom. The summed E-state index contributed by atoms with van der Waals surface area (Å²) in [6, 6.07) is 17.8. The van der Waals surface area contributed by atoms with Crippen molar-refractivity contribution in [3.63, 3.8) is 0 Å². The Balaban J connectivity index is 1.39. The number of aryl methyl sites for hydroxylation is 1. The van der Waals surface area contributed by atoms with Crippen LogP contribution in [0.25, 0.3) is 0 Å². The summed E-state index contributed by atoms with van der Waals surface area (Å²) < 4.78 is 11.7. The van der Waals surface area contributed by atoms with E-state index in [0.29, 0.717) is 11.6 Å². The van der Waals surface area contributed by atoms with E-state index in [4.69, 9.17) is 21.1 Å². The van der Waals surface area contributed by atoms with Gasteiger partial charge in [-0.2, -0.15) is 0 Å². The van der Waals surface area contributed by atoms with E-state index < -0.39 is 0 Å². The van der Waals surface area contributed by atoms with Crippen LogP contribution in [-0.2, 0) is 11.3 Å². The molecule has 2 heterocycles. The quantitative estimate of drug-likeness (QED) is 0.427. The van der Waals surface area contributed by atoms with Crippen LogP contribution in [0.2, 0.25) is 5.02 Å². The molecule has 0 spiro atoms.